The molecular formula is C14H24ClKO7. The maximum atomic E-state index is 10.8. The molecule has 0 saturated carbocycles. The zero-order chi connectivity index (χ0) is 17.5. The summed E-state index contributed by atoms with van der Waals surface area (Å²) in [5.41, 5.74) is 0. The van der Waals surface area contributed by atoms with Crippen molar-refractivity contribution in [2.75, 3.05) is 19.8 Å². The van der Waals surface area contributed by atoms with Crippen molar-refractivity contribution < 1.29 is 33.4 Å². The SMILES string of the molecule is CCOC(=O)CC(=O)C(C)Cl.CCOC(=O)CC(=O)OCC.[KH]. The first kappa shape index (κ1) is 27.8. The van der Waals surface area contributed by atoms with Crippen LogP contribution < -0.4 is 0 Å². The molecule has 0 rings (SSSR count). The van der Waals surface area contributed by atoms with Crippen LogP contribution in [0.3, 0.4) is 0 Å². The fraction of sp³-hybridized carbons (Fsp3) is 0.714. The van der Waals surface area contributed by atoms with E-state index < -0.39 is 23.3 Å². The predicted molar refractivity (Wildman–Crippen MR) is 86.6 cm³/mol. The molecule has 0 aromatic carbocycles. The number of Topliss-reactive ketones (excluding diaryl/α,β-unsaturated/α-hetero) is 1. The van der Waals surface area contributed by atoms with Crippen molar-refractivity contribution in [1.82, 2.24) is 0 Å². The maximum absolute atomic E-state index is 10.8. The monoisotopic (exact) mass is 378 g/mol. The van der Waals surface area contributed by atoms with Crippen molar-refractivity contribution in [3.05, 3.63) is 0 Å². The van der Waals surface area contributed by atoms with Crippen LogP contribution >= 0.6 is 11.6 Å². The van der Waals surface area contributed by atoms with E-state index in [2.05, 4.69) is 14.2 Å². The van der Waals surface area contributed by atoms with E-state index in [1.165, 1.54) is 6.92 Å². The number of rotatable bonds is 8. The van der Waals surface area contributed by atoms with Crippen molar-refractivity contribution in [1.29, 1.82) is 0 Å². The second kappa shape index (κ2) is 18.3. The average Bonchev–Trinajstić information content (AvgIpc) is 2.39. The molecule has 0 radical (unpaired) electrons. The number of alkyl halides is 1. The number of hydrogen-bond donors (Lipinski definition) is 0. The molecule has 0 aliphatic heterocycles. The summed E-state index contributed by atoms with van der Waals surface area (Å²) in [6.45, 7) is 7.46. The number of hydrogen-bond acceptors (Lipinski definition) is 7. The van der Waals surface area contributed by atoms with Crippen LogP contribution in [0.2, 0.25) is 0 Å². The van der Waals surface area contributed by atoms with Gasteiger partial charge < -0.3 is 14.2 Å². The molecule has 1 atom stereocenters. The molecule has 0 aliphatic carbocycles. The molecule has 1 unspecified atom stereocenters. The first-order chi connectivity index (χ1) is 10.3. The van der Waals surface area contributed by atoms with E-state index in [0.717, 1.165) is 0 Å². The second-order valence-corrected chi connectivity index (χ2v) is 4.51. The molecule has 7 nitrogen and oxygen atoms in total. The third-order valence-electron chi connectivity index (χ3n) is 1.97. The van der Waals surface area contributed by atoms with Crippen molar-refractivity contribution >= 4 is 86.7 Å². The predicted octanol–water partition coefficient (Wildman–Crippen LogP) is 0.990. The third kappa shape index (κ3) is 20.0. The van der Waals surface area contributed by atoms with E-state index in [1.807, 2.05) is 0 Å². The van der Waals surface area contributed by atoms with Gasteiger partial charge >= 0.3 is 69.3 Å². The van der Waals surface area contributed by atoms with Crippen molar-refractivity contribution in [3.8, 4) is 0 Å². The molecule has 0 heterocycles. The first-order valence-corrected chi connectivity index (χ1v) is 7.35. The zero-order valence-electron chi connectivity index (χ0n) is 13.3. The van der Waals surface area contributed by atoms with Crippen LogP contribution in [0.1, 0.15) is 40.5 Å². The Labute approximate surface area is 184 Å². The Morgan fingerprint density at radius 3 is 1.35 bits per heavy atom. The molecule has 9 heteroatoms. The van der Waals surface area contributed by atoms with Crippen LogP contribution in [0.15, 0.2) is 0 Å². The summed E-state index contributed by atoms with van der Waals surface area (Å²) in [5, 5.41) is -0.612. The van der Waals surface area contributed by atoms with Gasteiger partial charge in [-0.05, 0) is 27.7 Å². The number of carbonyl (C=O) groups excluding carboxylic acids is 4. The average molecular weight is 379 g/mol. The molecule has 0 N–H and O–H groups in total. The molecule has 23 heavy (non-hydrogen) atoms. The number of esters is 3. The van der Waals surface area contributed by atoms with Gasteiger partial charge in [0.2, 0.25) is 0 Å². The van der Waals surface area contributed by atoms with Gasteiger partial charge in [-0.3, -0.25) is 19.2 Å². The molecule has 0 amide bonds. The van der Waals surface area contributed by atoms with Crippen molar-refractivity contribution in [2.24, 2.45) is 0 Å². The van der Waals surface area contributed by atoms with Crippen molar-refractivity contribution in [3.63, 3.8) is 0 Å². The van der Waals surface area contributed by atoms with E-state index in [0.29, 0.717) is 6.61 Å². The Kier molecular flexibility index (Phi) is 22.2. The van der Waals surface area contributed by atoms with Crippen LogP contribution in [-0.2, 0) is 33.4 Å². The fourth-order valence-electron chi connectivity index (χ4n) is 1.04. The normalized spacial score (nSPS) is 10.1. The van der Waals surface area contributed by atoms with Gasteiger partial charge in [-0.1, -0.05) is 0 Å². The van der Waals surface area contributed by atoms with Crippen LogP contribution in [0.5, 0.6) is 0 Å². The summed E-state index contributed by atoms with van der Waals surface area (Å²) < 4.78 is 13.6. The van der Waals surface area contributed by atoms with Gasteiger partial charge in [0.25, 0.3) is 0 Å². The Morgan fingerprint density at radius 1 is 0.783 bits per heavy atom. The number of halogens is 1. The molecule has 0 bridgehead atoms. The van der Waals surface area contributed by atoms with Gasteiger partial charge in [0.1, 0.15) is 12.8 Å². The van der Waals surface area contributed by atoms with E-state index in [4.69, 9.17) is 11.6 Å². The van der Waals surface area contributed by atoms with Crippen LogP contribution in [0.4, 0.5) is 0 Å². The van der Waals surface area contributed by atoms with E-state index in [-0.39, 0.29) is 83.2 Å². The molecule has 0 aliphatic rings. The minimum absolute atomic E-state index is 0. The first-order valence-electron chi connectivity index (χ1n) is 6.91. The van der Waals surface area contributed by atoms with Gasteiger partial charge in [0.05, 0.1) is 25.2 Å². The van der Waals surface area contributed by atoms with Crippen molar-refractivity contribution in [2.45, 2.75) is 45.9 Å². The molecule has 0 spiro atoms. The third-order valence-corrected chi connectivity index (χ3v) is 2.21. The molecule has 0 fully saturated rings. The molecular weight excluding hydrogens is 355 g/mol. The van der Waals surface area contributed by atoms with Gasteiger partial charge in [-0.15, -0.1) is 11.6 Å². The topological polar surface area (TPSA) is 96.0 Å². The number of ether oxygens (including phenoxy) is 3. The van der Waals surface area contributed by atoms with E-state index >= 15 is 0 Å². The van der Waals surface area contributed by atoms with E-state index in [1.54, 1.807) is 20.8 Å². The van der Waals surface area contributed by atoms with E-state index in [9.17, 15) is 19.2 Å². The van der Waals surface area contributed by atoms with Gasteiger partial charge in [0.15, 0.2) is 5.78 Å². The zero-order valence-corrected chi connectivity index (χ0v) is 14.1. The van der Waals surface area contributed by atoms with Gasteiger partial charge in [-0.2, -0.15) is 0 Å². The fourth-order valence-corrected chi connectivity index (χ4v) is 1.11. The Morgan fingerprint density at radius 2 is 1.09 bits per heavy atom. The molecule has 0 aromatic heterocycles. The second-order valence-electron chi connectivity index (χ2n) is 3.85. The number of carbonyl (C=O) groups is 4. The summed E-state index contributed by atoms with van der Waals surface area (Å²) in [6.07, 6.45) is -0.514. The van der Waals surface area contributed by atoms with Gasteiger partial charge in [-0.25, -0.2) is 0 Å². The standard InChI is InChI=1S/C7H11ClO3.C7H12O4.K.H/c1-3-11-7(10)4-6(9)5(2)8;1-3-10-6(8)5-7(9)11-4-2;;/h5H,3-4H2,1-2H3;3-5H2,1-2H3;;. The summed E-state index contributed by atoms with van der Waals surface area (Å²) in [4.78, 5) is 42.7. The van der Waals surface area contributed by atoms with Crippen LogP contribution in [0, 0.1) is 0 Å². The quantitative estimate of drug-likeness (QED) is 0.204. The summed E-state index contributed by atoms with van der Waals surface area (Å²) in [7, 11) is 0. The van der Waals surface area contributed by atoms with Gasteiger partial charge in [0, 0.05) is 0 Å². The molecule has 0 aromatic rings. The minimum atomic E-state index is -0.612. The summed E-state index contributed by atoms with van der Waals surface area (Å²) >= 11 is 5.42. The Bertz CT molecular complexity index is 356. The van der Waals surface area contributed by atoms with Crippen LogP contribution in [0.25, 0.3) is 0 Å². The Balaban J connectivity index is -0.000000333. The summed E-state index contributed by atoms with van der Waals surface area (Å²) in [5.74, 6) is -1.88. The Hall–Kier alpha value is 0.00636. The molecule has 0 saturated heterocycles. The molecule has 130 valence electrons. The summed E-state index contributed by atoms with van der Waals surface area (Å²) in [6, 6.07) is 0. The van der Waals surface area contributed by atoms with Crippen LogP contribution in [-0.4, -0.2) is 100 Å². The number of ketones is 1.